The van der Waals surface area contributed by atoms with Crippen molar-refractivity contribution in [3.63, 3.8) is 0 Å². The van der Waals surface area contributed by atoms with E-state index < -0.39 is 0 Å². The fraction of sp³-hybridized carbons (Fsp3) is 0.951. The monoisotopic (exact) mass is 764 g/mol. The van der Waals surface area contributed by atoms with Crippen molar-refractivity contribution in [1.29, 1.82) is 0 Å². The molecule has 6 fully saturated rings. The van der Waals surface area contributed by atoms with E-state index in [2.05, 4.69) is 0 Å². The molecule has 5 heteroatoms. The van der Waals surface area contributed by atoms with Crippen LogP contribution in [0.3, 0.4) is 0 Å². The Morgan fingerprint density at radius 2 is 0.674 bits per heavy atom. The summed E-state index contributed by atoms with van der Waals surface area (Å²) in [7, 11) is 0. The van der Waals surface area contributed by atoms with E-state index >= 15 is 0 Å². The van der Waals surface area contributed by atoms with Gasteiger partial charge in [-0.15, -0.1) is 0 Å². The smallest absolute Gasteiger partial charge is 0.135 e. The van der Waals surface area contributed by atoms with Crippen molar-refractivity contribution in [3.05, 3.63) is 0 Å². The Morgan fingerprint density at radius 1 is 0.370 bits per heavy atom. The van der Waals surface area contributed by atoms with Crippen LogP contribution in [0.25, 0.3) is 0 Å². The van der Waals surface area contributed by atoms with Crippen LogP contribution in [0, 0.1) is 35.5 Å². The van der Waals surface area contributed by atoms with E-state index in [4.69, 9.17) is 0 Å². The molecule has 0 heterocycles. The molecule has 6 aliphatic carbocycles. The number of carbonyl (C=O) groups is 2. The molecule has 46 heavy (non-hydrogen) atoms. The molecule has 0 saturated heterocycles. The van der Waals surface area contributed by atoms with Gasteiger partial charge < -0.3 is 0 Å². The maximum absolute atomic E-state index is 11.8. The van der Waals surface area contributed by atoms with Crippen LogP contribution in [-0.2, 0) is 60.8 Å². The number of Topliss-reactive ketones (excluding diaryl/α,β-unsaturated/α-hetero) is 2. The van der Waals surface area contributed by atoms with Gasteiger partial charge >= 0.3 is 0 Å². The molecule has 6 rings (SSSR count). The quantitative estimate of drug-likeness (QED) is 0.130. The molecule has 272 valence electrons. The molecule has 0 spiro atoms. The number of unbranched alkanes of at least 4 members (excludes halogenated alkanes) is 1. The molecule has 0 aromatic rings. The van der Waals surface area contributed by atoms with Gasteiger partial charge in [0.2, 0.25) is 0 Å². The number of carbonyl (C=O) groups excluding carboxylic acids is 2. The molecular formula is C41H72Fe3O2. The maximum atomic E-state index is 11.8. The van der Waals surface area contributed by atoms with Gasteiger partial charge in [-0.2, -0.15) is 0 Å². The van der Waals surface area contributed by atoms with Crippen molar-refractivity contribution in [2.45, 2.75) is 212 Å². The Labute approximate surface area is 317 Å². The van der Waals surface area contributed by atoms with Gasteiger partial charge in [-0.1, -0.05) is 167 Å². The third-order valence-corrected chi connectivity index (χ3v) is 12.8. The summed E-state index contributed by atoms with van der Waals surface area (Å²) < 4.78 is 0. The minimum Gasteiger partial charge on any atom is -0.300 e. The summed E-state index contributed by atoms with van der Waals surface area (Å²) in [5.41, 5.74) is 0. The van der Waals surface area contributed by atoms with Gasteiger partial charge in [0, 0.05) is 76.4 Å². The molecule has 6 saturated carbocycles. The maximum Gasteiger partial charge on any atom is 0.135 e. The SMILES string of the molecule is C1CCC(CCCCC2CCCC2)C1.O=C(CCC1CCCC1)C1CCCC1.O=C(CCC1CCCC1)CC1CCCC1.[Fe].[Fe].[Fe]. The van der Waals surface area contributed by atoms with Crippen LogP contribution in [0.4, 0.5) is 0 Å². The molecule has 0 radical (unpaired) electrons. The molecule has 0 atom stereocenters. The fourth-order valence-electron chi connectivity index (χ4n) is 9.86. The van der Waals surface area contributed by atoms with E-state index in [1.807, 2.05) is 0 Å². The molecule has 0 N–H and O–H groups in total. The second-order valence-electron chi connectivity index (χ2n) is 16.3. The standard InChI is InChI=1S/C14H24O.C14H26.C13H22O.3Fe/c15-14(11-13-7-3-4-8-13)10-9-12-5-1-2-6-12;1-2-8-13(7-1)11-5-6-12-14-9-3-4-10-14;14-13(12-7-3-4-8-12)10-9-11-5-1-2-6-11;;;/h12-13H,1-11H2;13-14H,1-12H2;11-12H,1-10H2;;;. The molecule has 0 aliphatic heterocycles. The Bertz CT molecular complexity index is 719. The second-order valence-corrected chi connectivity index (χ2v) is 16.3. The first-order chi connectivity index (χ1) is 21.2. The molecule has 2 nitrogen and oxygen atoms in total. The van der Waals surface area contributed by atoms with Crippen molar-refractivity contribution in [3.8, 4) is 0 Å². The molecule has 6 aliphatic rings. The normalized spacial score (nSPS) is 22.8. The Kier molecular flexibility index (Phi) is 27.0. The van der Waals surface area contributed by atoms with Crippen molar-refractivity contribution in [1.82, 2.24) is 0 Å². The van der Waals surface area contributed by atoms with Gasteiger partial charge in [-0.3, -0.25) is 9.59 Å². The molecule has 0 bridgehead atoms. The van der Waals surface area contributed by atoms with Crippen molar-refractivity contribution in [2.75, 3.05) is 0 Å². The Hall–Kier alpha value is 0.898. The summed E-state index contributed by atoms with van der Waals surface area (Å²) in [6.45, 7) is 0. The number of hydrogen-bond donors (Lipinski definition) is 0. The third kappa shape index (κ3) is 18.8. The number of rotatable bonds is 14. The zero-order valence-corrected chi connectivity index (χ0v) is 33.0. The van der Waals surface area contributed by atoms with Gasteiger partial charge in [0.1, 0.15) is 11.6 Å². The third-order valence-electron chi connectivity index (χ3n) is 12.8. The molecule has 0 aromatic carbocycles. The van der Waals surface area contributed by atoms with Crippen LogP contribution < -0.4 is 0 Å². The van der Waals surface area contributed by atoms with Gasteiger partial charge in [0.05, 0.1) is 0 Å². The molecule has 0 amide bonds. The van der Waals surface area contributed by atoms with Gasteiger partial charge in [0.15, 0.2) is 0 Å². The zero-order chi connectivity index (χ0) is 30.0. The first-order valence-corrected chi connectivity index (χ1v) is 20.2. The van der Waals surface area contributed by atoms with Crippen LogP contribution in [0.2, 0.25) is 0 Å². The van der Waals surface area contributed by atoms with Crippen LogP contribution >= 0.6 is 0 Å². The number of ketones is 2. The molecule has 0 aromatic heterocycles. The first-order valence-electron chi connectivity index (χ1n) is 20.2. The summed E-state index contributed by atoms with van der Waals surface area (Å²) in [4.78, 5) is 23.6. The minimum atomic E-state index is 0. The molecular weight excluding hydrogens is 692 g/mol. The van der Waals surface area contributed by atoms with E-state index in [1.165, 1.54) is 154 Å². The minimum absolute atomic E-state index is 0. The van der Waals surface area contributed by atoms with Gasteiger partial charge in [0.25, 0.3) is 0 Å². The van der Waals surface area contributed by atoms with E-state index in [1.54, 1.807) is 38.5 Å². The number of hydrogen-bond acceptors (Lipinski definition) is 2. The fourth-order valence-corrected chi connectivity index (χ4v) is 9.86. The van der Waals surface area contributed by atoms with Crippen molar-refractivity contribution >= 4 is 11.6 Å². The van der Waals surface area contributed by atoms with E-state index in [9.17, 15) is 9.59 Å². The van der Waals surface area contributed by atoms with Crippen LogP contribution in [0.5, 0.6) is 0 Å². The van der Waals surface area contributed by atoms with E-state index in [-0.39, 0.29) is 51.2 Å². The Balaban J connectivity index is 0.000000334. The average Bonchev–Trinajstić information content (AvgIpc) is 3.88. The summed E-state index contributed by atoms with van der Waals surface area (Å²) in [5, 5.41) is 0. The van der Waals surface area contributed by atoms with E-state index in [0.29, 0.717) is 17.5 Å². The van der Waals surface area contributed by atoms with E-state index in [0.717, 1.165) is 48.9 Å². The van der Waals surface area contributed by atoms with Crippen LogP contribution in [0.1, 0.15) is 212 Å². The topological polar surface area (TPSA) is 34.1 Å². The Morgan fingerprint density at radius 3 is 1.07 bits per heavy atom. The summed E-state index contributed by atoms with van der Waals surface area (Å²) >= 11 is 0. The first kappa shape index (κ1) is 44.9. The summed E-state index contributed by atoms with van der Waals surface area (Å²) in [6, 6.07) is 0. The van der Waals surface area contributed by atoms with Gasteiger partial charge in [-0.05, 0) is 55.3 Å². The second kappa shape index (κ2) is 27.6. The predicted molar refractivity (Wildman–Crippen MR) is 183 cm³/mol. The van der Waals surface area contributed by atoms with Gasteiger partial charge in [-0.25, -0.2) is 0 Å². The predicted octanol–water partition coefficient (Wildman–Crippen LogP) is 12.7. The largest absolute Gasteiger partial charge is 0.300 e. The summed E-state index contributed by atoms with van der Waals surface area (Å²) in [5.74, 6) is 6.36. The zero-order valence-electron chi connectivity index (χ0n) is 29.7. The average molecular weight is 765 g/mol. The molecule has 0 unspecified atom stereocenters. The van der Waals surface area contributed by atoms with Crippen molar-refractivity contribution < 1.29 is 60.8 Å². The summed E-state index contributed by atoms with van der Waals surface area (Å²) in [6.07, 6.45) is 44.9. The van der Waals surface area contributed by atoms with Crippen molar-refractivity contribution in [2.24, 2.45) is 35.5 Å². The van der Waals surface area contributed by atoms with Crippen LogP contribution in [-0.4, -0.2) is 11.6 Å². The van der Waals surface area contributed by atoms with Crippen LogP contribution in [0.15, 0.2) is 0 Å².